The number of thioether (sulfide) groups is 1. The lowest BCUT2D eigenvalue weighted by molar-refractivity contribution is -0.115. The molecule has 7 heteroatoms. The monoisotopic (exact) mass is 543 g/mol. The molecule has 3 aromatic rings. The molecule has 0 bridgehead atoms. The van der Waals surface area contributed by atoms with E-state index < -0.39 is 5.41 Å². The number of rotatable bonds is 10. The molecular weight excluding hydrogens is 506 g/mol. The van der Waals surface area contributed by atoms with E-state index in [4.69, 9.17) is 0 Å². The largest absolute Gasteiger partial charge is 0.310 e. The first-order chi connectivity index (χ1) is 18.6. The molecule has 1 unspecified atom stereocenters. The summed E-state index contributed by atoms with van der Waals surface area (Å²) < 4.78 is 0. The van der Waals surface area contributed by atoms with Crippen LogP contribution < -0.4 is 5.32 Å². The molecule has 0 fully saturated rings. The number of amides is 1. The van der Waals surface area contributed by atoms with Crippen LogP contribution in [0.3, 0.4) is 0 Å². The molecule has 1 aliphatic carbocycles. The molecule has 1 amide bonds. The van der Waals surface area contributed by atoms with Gasteiger partial charge in [-0.25, -0.2) is 4.98 Å². The van der Waals surface area contributed by atoms with Gasteiger partial charge in [0, 0.05) is 22.6 Å². The zero-order valence-corrected chi connectivity index (χ0v) is 24.3. The Morgan fingerprint density at radius 3 is 2.56 bits per heavy atom. The Morgan fingerprint density at radius 1 is 1.15 bits per heavy atom. The number of ketones is 1. The zero-order valence-electron chi connectivity index (χ0n) is 23.5. The van der Waals surface area contributed by atoms with Gasteiger partial charge >= 0.3 is 0 Å². The van der Waals surface area contributed by atoms with Gasteiger partial charge in [0.2, 0.25) is 5.91 Å². The van der Waals surface area contributed by atoms with Crippen molar-refractivity contribution in [3.8, 4) is 0 Å². The minimum Gasteiger partial charge on any atom is -0.310 e. The van der Waals surface area contributed by atoms with Gasteiger partial charge in [0.25, 0.3) is 0 Å². The predicted octanol–water partition coefficient (Wildman–Crippen LogP) is 5.69. The SMILES string of the molecule is CCSc1ccc(CC(=O)Nc2cc(C)c3c(n2)CCC(C)(c2ccc(CCN(C)C)c(C=O)c2)C3=O)cc1. The highest BCUT2D eigenvalue weighted by Crippen LogP contribution is 2.40. The molecule has 1 heterocycles. The van der Waals surface area contributed by atoms with Crippen LogP contribution in [0.25, 0.3) is 0 Å². The third-order valence-corrected chi connectivity index (χ3v) is 8.38. The molecule has 1 atom stereocenters. The summed E-state index contributed by atoms with van der Waals surface area (Å²) in [6, 6.07) is 15.7. The van der Waals surface area contributed by atoms with Crippen LogP contribution in [-0.4, -0.2) is 54.3 Å². The van der Waals surface area contributed by atoms with Crippen LogP contribution >= 0.6 is 11.8 Å². The second-order valence-corrected chi connectivity index (χ2v) is 12.0. The number of aromatic nitrogens is 1. The number of aldehydes is 1. The number of nitrogens with zero attached hydrogens (tertiary/aromatic N) is 2. The number of fused-ring (bicyclic) bond motifs is 1. The van der Waals surface area contributed by atoms with Crippen LogP contribution in [0.15, 0.2) is 53.4 Å². The predicted molar refractivity (Wildman–Crippen MR) is 158 cm³/mol. The Kier molecular flexibility index (Phi) is 9.03. The molecule has 1 aliphatic rings. The average molecular weight is 544 g/mol. The maximum absolute atomic E-state index is 13.9. The van der Waals surface area contributed by atoms with Crippen molar-refractivity contribution in [1.82, 2.24) is 9.88 Å². The molecule has 204 valence electrons. The summed E-state index contributed by atoms with van der Waals surface area (Å²) in [5, 5.41) is 2.92. The number of hydrogen-bond donors (Lipinski definition) is 1. The quantitative estimate of drug-likeness (QED) is 0.262. The molecule has 2 aromatic carbocycles. The normalized spacial score (nSPS) is 16.7. The third-order valence-electron chi connectivity index (χ3n) is 7.49. The van der Waals surface area contributed by atoms with Gasteiger partial charge in [-0.05, 0) is 99.5 Å². The van der Waals surface area contributed by atoms with Gasteiger partial charge in [-0.15, -0.1) is 11.8 Å². The minimum absolute atomic E-state index is 0.00885. The number of nitrogens with one attached hydrogen (secondary N) is 1. The topological polar surface area (TPSA) is 79.4 Å². The van der Waals surface area contributed by atoms with E-state index in [2.05, 4.69) is 22.1 Å². The number of carbonyl (C=O) groups excluding carboxylic acids is 3. The fraction of sp³-hybridized carbons (Fsp3) is 0.375. The van der Waals surface area contributed by atoms with Crippen LogP contribution in [-0.2, 0) is 29.5 Å². The molecule has 4 rings (SSSR count). The van der Waals surface area contributed by atoms with Gasteiger partial charge in [0.05, 0.1) is 17.5 Å². The van der Waals surface area contributed by atoms with Crippen molar-refractivity contribution in [3.63, 3.8) is 0 Å². The van der Waals surface area contributed by atoms with Crippen LogP contribution in [0, 0.1) is 6.92 Å². The van der Waals surface area contributed by atoms with Crippen molar-refractivity contribution >= 4 is 35.6 Å². The Balaban J connectivity index is 1.52. The lowest BCUT2D eigenvalue weighted by Gasteiger charge is -2.34. The average Bonchev–Trinajstić information content (AvgIpc) is 2.90. The molecule has 39 heavy (non-hydrogen) atoms. The molecule has 0 saturated heterocycles. The van der Waals surface area contributed by atoms with E-state index in [1.165, 1.54) is 4.90 Å². The van der Waals surface area contributed by atoms with Gasteiger partial charge in [-0.3, -0.25) is 14.4 Å². The van der Waals surface area contributed by atoms with Crippen molar-refractivity contribution in [2.45, 2.75) is 56.8 Å². The van der Waals surface area contributed by atoms with Gasteiger partial charge in [-0.1, -0.05) is 31.2 Å². The van der Waals surface area contributed by atoms with Crippen molar-refractivity contribution in [3.05, 3.63) is 87.6 Å². The first-order valence-electron chi connectivity index (χ1n) is 13.4. The molecule has 1 N–H and O–H groups in total. The highest BCUT2D eigenvalue weighted by molar-refractivity contribution is 7.99. The standard InChI is InChI=1S/C32H37N3O3S/c1-6-39-26-11-7-22(8-12-26)18-29(37)34-28-17-21(2)30-27(33-28)13-15-32(3,31(30)38)25-10-9-23(14-16-35(4)5)24(19-25)20-36/h7-12,17,19-20H,6,13-16,18H2,1-5H3,(H,33,34,37). The molecular formula is C32H37N3O3S. The van der Waals surface area contributed by atoms with E-state index in [9.17, 15) is 14.4 Å². The number of likely N-dealkylation sites (N-methyl/N-ethyl adjacent to an activating group) is 1. The first-order valence-corrected chi connectivity index (χ1v) is 14.4. The summed E-state index contributed by atoms with van der Waals surface area (Å²) in [5.41, 5.74) is 4.81. The molecule has 0 aliphatic heterocycles. The summed E-state index contributed by atoms with van der Waals surface area (Å²) in [6.45, 7) is 6.81. The van der Waals surface area contributed by atoms with Crippen LogP contribution in [0.5, 0.6) is 0 Å². The summed E-state index contributed by atoms with van der Waals surface area (Å²) in [4.78, 5) is 46.5. The number of anilines is 1. The highest BCUT2D eigenvalue weighted by Gasteiger charge is 2.41. The second-order valence-electron chi connectivity index (χ2n) is 10.7. The Hall–Kier alpha value is -3.29. The van der Waals surface area contributed by atoms with E-state index >= 15 is 0 Å². The fourth-order valence-electron chi connectivity index (χ4n) is 5.19. The van der Waals surface area contributed by atoms with Gasteiger partial charge in [0.15, 0.2) is 5.78 Å². The number of pyridine rings is 1. The maximum Gasteiger partial charge on any atom is 0.229 e. The van der Waals surface area contributed by atoms with E-state index in [1.807, 2.05) is 70.4 Å². The van der Waals surface area contributed by atoms with E-state index in [0.29, 0.717) is 35.5 Å². The van der Waals surface area contributed by atoms with Crippen LogP contribution in [0.1, 0.15) is 68.9 Å². The minimum atomic E-state index is -0.746. The second kappa shape index (κ2) is 12.3. The van der Waals surface area contributed by atoms with Gasteiger partial charge in [-0.2, -0.15) is 0 Å². The van der Waals surface area contributed by atoms with E-state index in [1.54, 1.807) is 17.8 Å². The first kappa shape index (κ1) is 28.7. The Morgan fingerprint density at radius 2 is 1.90 bits per heavy atom. The molecule has 0 spiro atoms. The number of benzene rings is 2. The van der Waals surface area contributed by atoms with Crippen molar-refractivity contribution in [1.29, 1.82) is 0 Å². The maximum atomic E-state index is 13.9. The summed E-state index contributed by atoms with van der Waals surface area (Å²) in [6.07, 6.45) is 3.11. The van der Waals surface area contributed by atoms with E-state index in [-0.39, 0.29) is 18.1 Å². The van der Waals surface area contributed by atoms with Crippen molar-refractivity contribution < 1.29 is 14.4 Å². The fourth-order valence-corrected chi connectivity index (χ4v) is 5.85. The molecule has 6 nitrogen and oxygen atoms in total. The third kappa shape index (κ3) is 6.48. The summed E-state index contributed by atoms with van der Waals surface area (Å²) in [7, 11) is 4.01. The molecule has 1 aromatic heterocycles. The molecule has 0 radical (unpaired) electrons. The lowest BCUT2D eigenvalue weighted by atomic mass is 9.67. The summed E-state index contributed by atoms with van der Waals surface area (Å²) in [5.74, 6) is 1.35. The number of Topliss-reactive ketones (excluding diaryl/α,β-unsaturated/α-hetero) is 1. The zero-order chi connectivity index (χ0) is 28.2. The highest BCUT2D eigenvalue weighted by atomic mass is 32.2. The van der Waals surface area contributed by atoms with Crippen LogP contribution in [0.2, 0.25) is 0 Å². The van der Waals surface area contributed by atoms with Gasteiger partial charge < -0.3 is 10.2 Å². The Labute approximate surface area is 235 Å². The number of aryl methyl sites for hydroxylation is 2. The van der Waals surface area contributed by atoms with Crippen molar-refractivity contribution in [2.75, 3.05) is 31.7 Å². The van der Waals surface area contributed by atoms with E-state index in [0.717, 1.165) is 47.3 Å². The number of hydrogen-bond acceptors (Lipinski definition) is 6. The van der Waals surface area contributed by atoms with Crippen LogP contribution in [0.4, 0.5) is 5.82 Å². The summed E-state index contributed by atoms with van der Waals surface area (Å²) >= 11 is 1.77. The van der Waals surface area contributed by atoms with Gasteiger partial charge in [0.1, 0.15) is 12.1 Å². The Bertz CT molecular complexity index is 1380. The lowest BCUT2D eigenvalue weighted by Crippen LogP contribution is -2.38. The molecule has 0 saturated carbocycles. The smallest absolute Gasteiger partial charge is 0.229 e. The number of carbonyl (C=O) groups is 3. The van der Waals surface area contributed by atoms with Crippen molar-refractivity contribution in [2.24, 2.45) is 0 Å².